The van der Waals surface area contributed by atoms with Gasteiger partial charge < -0.3 is 9.47 Å². The maximum absolute atomic E-state index is 13.6. The Morgan fingerprint density at radius 1 is 0.906 bits per heavy atom. The minimum Gasteiger partial charge on any atom is -0.469 e. The van der Waals surface area contributed by atoms with Gasteiger partial charge in [0.15, 0.2) is 0 Å². The Labute approximate surface area is 317 Å². The van der Waals surface area contributed by atoms with Crippen LogP contribution in [0.1, 0.15) is 130 Å². The predicted molar refractivity (Wildman–Crippen MR) is 203 cm³/mol. The van der Waals surface area contributed by atoms with E-state index in [2.05, 4.69) is 64.9 Å². The third kappa shape index (κ3) is 5.85. The van der Waals surface area contributed by atoms with Crippen LogP contribution >= 0.6 is 0 Å². The lowest BCUT2D eigenvalue weighted by molar-refractivity contribution is -0.214. The summed E-state index contributed by atoms with van der Waals surface area (Å²) < 4.78 is 38.8. The van der Waals surface area contributed by atoms with E-state index in [-0.39, 0.29) is 68.8 Å². The van der Waals surface area contributed by atoms with Gasteiger partial charge in [-0.1, -0.05) is 83.0 Å². The zero-order valence-electron chi connectivity index (χ0n) is 33.5. The van der Waals surface area contributed by atoms with Gasteiger partial charge in [-0.05, 0) is 123 Å². The third-order valence-corrected chi connectivity index (χ3v) is 17.7. The summed E-state index contributed by atoms with van der Waals surface area (Å²) in [5, 5.41) is 7.93. The number of benzene rings is 1. The quantitative estimate of drug-likeness (QED) is 0.204. The Balaban J connectivity index is 1.06. The van der Waals surface area contributed by atoms with Crippen molar-refractivity contribution in [2.24, 2.45) is 50.2 Å². The van der Waals surface area contributed by atoms with Crippen LogP contribution in [0.15, 0.2) is 47.0 Å². The summed E-state index contributed by atoms with van der Waals surface area (Å²) in [7, 11) is -2.30. The molecule has 0 bridgehead atoms. The van der Waals surface area contributed by atoms with Gasteiger partial charge in [0.25, 0.3) is 10.0 Å². The summed E-state index contributed by atoms with van der Waals surface area (Å²) >= 11 is 0. The molecule has 0 N–H and O–H groups in total. The minimum absolute atomic E-state index is 0.00379. The number of hydrogen-bond acceptors (Lipinski definition) is 8. The summed E-state index contributed by atoms with van der Waals surface area (Å²) in [6.07, 6.45) is 14.1. The van der Waals surface area contributed by atoms with Gasteiger partial charge in [-0.15, -0.1) is 9.19 Å². The first-order valence-corrected chi connectivity index (χ1v) is 21.4. The summed E-state index contributed by atoms with van der Waals surface area (Å²) in [6, 6.07) is 6.60. The molecule has 2 aromatic rings. The van der Waals surface area contributed by atoms with E-state index in [4.69, 9.17) is 9.47 Å². The molecule has 9 nitrogen and oxygen atoms in total. The van der Waals surface area contributed by atoms with E-state index >= 15 is 0 Å². The van der Waals surface area contributed by atoms with Crippen LogP contribution in [0.3, 0.4) is 0 Å². The summed E-state index contributed by atoms with van der Waals surface area (Å²) in [5.74, 6) is 0.842. The number of ether oxygens (including phenoxy) is 2. The van der Waals surface area contributed by atoms with E-state index in [9.17, 15) is 18.0 Å². The Hall–Kier alpha value is -3.01. The van der Waals surface area contributed by atoms with Crippen LogP contribution in [0.5, 0.6) is 0 Å². The van der Waals surface area contributed by atoms with Crippen molar-refractivity contribution in [3.05, 3.63) is 53.4 Å². The molecule has 0 spiro atoms. The molecule has 5 aliphatic rings. The first-order valence-electron chi connectivity index (χ1n) is 20.0. The minimum atomic E-state index is -3.87. The van der Waals surface area contributed by atoms with Crippen molar-refractivity contribution in [2.45, 2.75) is 143 Å². The fraction of sp³-hybridized carbons (Fsp3) is 0.721. The van der Waals surface area contributed by atoms with Crippen LogP contribution in [0.2, 0.25) is 0 Å². The highest BCUT2D eigenvalue weighted by molar-refractivity contribution is 7.89. The molecule has 5 aliphatic carbocycles. The number of nitrogens with zero attached hydrogens (tertiary/aromatic N) is 3. The molecule has 4 fully saturated rings. The second-order valence-electron chi connectivity index (χ2n) is 19.6. The highest BCUT2D eigenvalue weighted by Gasteiger charge is 2.69. The standard InChI is InChI=1S/C43H61N3O6S/c1-28-10-13-30(14-11-28)53(49,50)46-27-29(44-45-46)12-17-36(47)52-35-19-20-40(6)33(39(35,4)5)18-21-42(8)34(40)16-15-31-32-26-38(2,3)22-24-43(32,37(48)51-9)25-23-41(31,42)7/h10-11,13-15,27,32-35H,12,16-26H2,1-9H3/t32-,33-,34+,35-,40-,41+,42+,43-/m0/s1. The predicted octanol–water partition coefficient (Wildman–Crippen LogP) is 8.64. The number of aromatic nitrogens is 3. The molecule has 0 aliphatic heterocycles. The monoisotopic (exact) mass is 747 g/mol. The SMILES string of the molecule is COC(=O)[C@]12CCC(C)(C)C[C@H]1C1=CC[C@@H]3[C@@]4(C)CC[C@H](OC(=O)CCc5cn(S(=O)(=O)c6ccc(C)cc6)nn5)C(C)(C)[C@@H]4CC[C@@]3(C)[C@]1(C)CC2. The van der Waals surface area contributed by atoms with Crippen LogP contribution in [-0.2, 0) is 35.5 Å². The number of hydrogen-bond donors (Lipinski definition) is 0. The van der Waals surface area contributed by atoms with E-state index in [1.54, 1.807) is 31.4 Å². The van der Waals surface area contributed by atoms with Crippen LogP contribution < -0.4 is 0 Å². The summed E-state index contributed by atoms with van der Waals surface area (Å²) in [5.41, 5.74) is 2.74. The normalized spacial score (nSPS) is 37.2. The van der Waals surface area contributed by atoms with Gasteiger partial charge in [-0.3, -0.25) is 9.59 Å². The van der Waals surface area contributed by atoms with Crippen molar-refractivity contribution < 1.29 is 27.5 Å². The largest absolute Gasteiger partial charge is 0.469 e. The van der Waals surface area contributed by atoms with Gasteiger partial charge in [0.2, 0.25) is 0 Å². The first kappa shape index (κ1) is 38.3. The Morgan fingerprint density at radius 3 is 2.30 bits per heavy atom. The second kappa shape index (κ2) is 12.8. The first-order chi connectivity index (χ1) is 24.7. The van der Waals surface area contributed by atoms with Gasteiger partial charge in [0.05, 0.1) is 35.7 Å². The average molecular weight is 748 g/mol. The number of carbonyl (C=O) groups excluding carboxylic acids is 2. The molecular formula is C43H61N3O6S. The molecule has 0 unspecified atom stereocenters. The highest BCUT2D eigenvalue weighted by atomic mass is 32.2. The zero-order valence-corrected chi connectivity index (χ0v) is 34.3. The Kier molecular flexibility index (Phi) is 9.22. The fourth-order valence-electron chi connectivity index (χ4n) is 12.8. The lowest BCUT2D eigenvalue weighted by Gasteiger charge is -2.71. The molecule has 1 aromatic carbocycles. The van der Waals surface area contributed by atoms with Crippen molar-refractivity contribution in [1.29, 1.82) is 0 Å². The molecule has 0 radical (unpaired) electrons. The maximum Gasteiger partial charge on any atom is 0.312 e. The zero-order chi connectivity index (χ0) is 38.4. The number of esters is 2. The number of carbonyl (C=O) groups is 2. The van der Waals surface area contributed by atoms with Crippen LogP contribution in [0.25, 0.3) is 0 Å². The lowest BCUT2D eigenvalue weighted by Crippen LogP contribution is -2.65. The van der Waals surface area contributed by atoms with Crippen LogP contribution in [0.4, 0.5) is 0 Å². The van der Waals surface area contributed by atoms with E-state index in [1.165, 1.54) is 11.8 Å². The second-order valence-corrected chi connectivity index (χ2v) is 21.4. The fourth-order valence-corrected chi connectivity index (χ4v) is 13.9. The third-order valence-electron chi connectivity index (χ3n) is 16.1. The number of aryl methyl sites for hydroxylation is 2. The van der Waals surface area contributed by atoms with Crippen molar-refractivity contribution in [1.82, 2.24) is 14.4 Å². The van der Waals surface area contributed by atoms with Gasteiger partial charge in [-0.25, -0.2) is 0 Å². The number of methoxy groups -OCH3 is 1. The van der Waals surface area contributed by atoms with Gasteiger partial charge in [0.1, 0.15) is 6.10 Å². The smallest absolute Gasteiger partial charge is 0.312 e. The molecule has 1 heterocycles. The van der Waals surface area contributed by atoms with E-state index < -0.39 is 15.4 Å². The molecule has 0 saturated heterocycles. The number of fused-ring (bicyclic) bond motifs is 7. The number of rotatable bonds is 7. The lowest BCUT2D eigenvalue weighted by atomic mass is 9.33. The maximum atomic E-state index is 13.6. The van der Waals surface area contributed by atoms with Crippen molar-refractivity contribution in [3.63, 3.8) is 0 Å². The van der Waals surface area contributed by atoms with Crippen molar-refractivity contribution in [3.8, 4) is 0 Å². The van der Waals surface area contributed by atoms with Crippen molar-refractivity contribution in [2.75, 3.05) is 7.11 Å². The molecule has 10 heteroatoms. The Bertz CT molecular complexity index is 1910. The molecule has 7 rings (SSSR count). The van der Waals surface area contributed by atoms with Gasteiger partial charge in [-0.2, -0.15) is 8.42 Å². The molecule has 290 valence electrons. The van der Waals surface area contributed by atoms with Crippen LogP contribution in [0, 0.1) is 57.2 Å². The molecule has 53 heavy (non-hydrogen) atoms. The molecule has 8 atom stereocenters. The molecule has 1 aromatic heterocycles. The topological polar surface area (TPSA) is 117 Å². The van der Waals surface area contributed by atoms with Gasteiger partial charge in [0, 0.05) is 11.8 Å². The highest BCUT2D eigenvalue weighted by Crippen LogP contribution is 2.76. The van der Waals surface area contributed by atoms with Crippen molar-refractivity contribution >= 4 is 22.0 Å². The van der Waals surface area contributed by atoms with E-state index in [0.717, 1.165) is 73.9 Å². The van der Waals surface area contributed by atoms with E-state index in [0.29, 0.717) is 17.5 Å². The van der Waals surface area contributed by atoms with Crippen LogP contribution in [-0.4, -0.2) is 48.0 Å². The van der Waals surface area contributed by atoms with Gasteiger partial charge >= 0.3 is 11.9 Å². The Morgan fingerprint density at radius 2 is 1.60 bits per heavy atom. The molecule has 4 saturated carbocycles. The molecular weight excluding hydrogens is 687 g/mol. The average Bonchev–Trinajstić information content (AvgIpc) is 3.59. The number of allylic oxidation sites excluding steroid dienone is 2. The summed E-state index contributed by atoms with van der Waals surface area (Å²) in [6.45, 7) is 18.9. The molecule has 0 amide bonds. The summed E-state index contributed by atoms with van der Waals surface area (Å²) in [4.78, 5) is 27.1. The van der Waals surface area contributed by atoms with E-state index in [1.807, 2.05) is 6.92 Å².